The Morgan fingerprint density at radius 3 is 2.79 bits per heavy atom. The van der Waals surface area contributed by atoms with E-state index >= 15 is 0 Å². The van der Waals surface area contributed by atoms with Gasteiger partial charge in [-0.15, -0.1) is 11.6 Å². The summed E-state index contributed by atoms with van der Waals surface area (Å²) in [7, 11) is 0. The van der Waals surface area contributed by atoms with E-state index in [1.807, 2.05) is 6.07 Å². The predicted octanol–water partition coefficient (Wildman–Crippen LogP) is 3.95. The van der Waals surface area contributed by atoms with Gasteiger partial charge in [-0.3, -0.25) is 14.3 Å². The summed E-state index contributed by atoms with van der Waals surface area (Å²) in [6, 6.07) is 10.7. The molecule has 0 saturated heterocycles. The van der Waals surface area contributed by atoms with E-state index in [-0.39, 0.29) is 11.0 Å². The monoisotopic (exact) mass is 397 g/mol. The molecule has 0 spiro atoms. The molecule has 0 fully saturated rings. The van der Waals surface area contributed by atoms with Crippen LogP contribution < -0.4 is 5.56 Å². The molecule has 0 aliphatic carbocycles. The second-order valence-electron chi connectivity index (χ2n) is 8.58. The molecule has 0 saturated carbocycles. The molecule has 1 aliphatic rings. The highest BCUT2D eigenvalue weighted by Crippen LogP contribution is 2.39. The van der Waals surface area contributed by atoms with E-state index in [1.54, 1.807) is 48.0 Å². The molecule has 2 unspecified atom stereocenters. The van der Waals surface area contributed by atoms with E-state index in [0.29, 0.717) is 28.7 Å². The van der Waals surface area contributed by atoms with Crippen LogP contribution in [0.15, 0.2) is 47.4 Å². The molecular weight excluding hydrogens is 374 g/mol. The van der Waals surface area contributed by atoms with Crippen LogP contribution in [0.3, 0.4) is 0 Å². The predicted molar refractivity (Wildman–Crippen MR) is 111 cm³/mol. The third-order valence-corrected chi connectivity index (χ3v) is 6.32. The smallest absolute Gasteiger partial charge is 0.261 e. The quantitative estimate of drug-likeness (QED) is 0.679. The normalized spacial score (nSPS) is 19.0. The summed E-state index contributed by atoms with van der Waals surface area (Å²) in [4.78, 5) is 22.0. The minimum absolute atomic E-state index is 0.0221. The Bertz CT molecular complexity index is 1090. The molecule has 6 heteroatoms. The van der Waals surface area contributed by atoms with Gasteiger partial charge in [0.2, 0.25) is 0 Å². The molecule has 0 bridgehead atoms. The van der Waals surface area contributed by atoms with Crippen molar-refractivity contribution >= 4 is 22.5 Å². The summed E-state index contributed by atoms with van der Waals surface area (Å²) in [6.07, 6.45) is 3.41. The van der Waals surface area contributed by atoms with Gasteiger partial charge >= 0.3 is 0 Å². The third kappa shape index (κ3) is 3.23. The topological polar surface area (TPSA) is 68.0 Å². The summed E-state index contributed by atoms with van der Waals surface area (Å²) in [6.45, 7) is 6.68. The van der Waals surface area contributed by atoms with Crippen LogP contribution in [0.2, 0.25) is 0 Å². The minimum atomic E-state index is -1.36. The first kappa shape index (κ1) is 19.1. The van der Waals surface area contributed by atoms with E-state index in [0.717, 1.165) is 18.7 Å². The summed E-state index contributed by atoms with van der Waals surface area (Å²) in [5.74, 6) is 0.806. The molecule has 3 heterocycles. The van der Waals surface area contributed by atoms with Crippen LogP contribution in [-0.2, 0) is 18.6 Å². The summed E-state index contributed by atoms with van der Waals surface area (Å²) in [5.41, 5.74) is 0.503. The number of aliphatic hydroxyl groups is 1. The maximum atomic E-state index is 13.0. The van der Waals surface area contributed by atoms with Crippen LogP contribution in [0.1, 0.15) is 49.7 Å². The first-order valence-corrected chi connectivity index (χ1v) is 9.94. The van der Waals surface area contributed by atoms with Crippen LogP contribution in [0.5, 0.6) is 0 Å². The van der Waals surface area contributed by atoms with Gasteiger partial charge in [-0.2, -0.15) is 0 Å². The lowest BCUT2D eigenvalue weighted by molar-refractivity contribution is 0.0509. The first-order chi connectivity index (χ1) is 13.2. The number of rotatable bonds is 3. The summed E-state index contributed by atoms with van der Waals surface area (Å²) in [5, 5.41) is 11.0. The second kappa shape index (κ2) is 6.68. The number of aryl methyl sites for hydroxylation is 1. The van der Waals surface area contributed by atoms with Crippen molar-refractivity contribution < 1.29 is 5.11 Å². The highest BCUT2D eigenvalue weighted by Gasteiger charge is 2.35. The fourth-order valence-corrected chi connectivity index (χ4v) is 4.11. The zero-order valence-corrected chi connectivity index (χ0v) is 17.1. The van der Waals surface area contributed by atoms with Crippen molar-refractivity contribution in [1.29, 1.82) is 0 Å². The molecule has 2 aromatic heterocycles. The van der Waals surface area contributed by atoms with Crippen molar-refractivity contribution in [3.8, 4) is 0 Å². The molecule has 0 amide bonds. The van der Waals surface area contributed by atoms with Crippen molar-refractivity contribution in [2.24, 2.45) is 5.41 Å². The minimum Gasteiger partial charge on any atom is -0.383 e. The fraction of sp³-hybridized carbons (Fsp3) is 0.409. The van der Waals surface area contributed by atoms with Gasteiger partial charge in [-0.25, -0.2) is 4.98 Å². The number of fused-ring (bicyclic) bond motifs is 2. The standard InChI is InChI=1S/C22H24ClN3O2/c1-21(2)10-9-18-25-17-12-14(7-8-15(17)20(27)26(18)13-21)22(3,28)19(23)16-6-4-5-11-24-16/h4-8,11-12,19,28H,9-10,13H2,1-3H3. The van der Waals surface area contributed by atoms with Crippen molar-refractivity contribution in [3.63, 3.8) is 0 Å². The van der Waals surface area contributed by atoms with Gasteiger partial charge in [0.25, 0.3) is 5.56 Å². The molecule has 28 heavy (non-hydrogen) atoms. The number of aromatic nitrogens is 3. The Labute approximate surface area is 169 Å². The Morgan fingerprint density at radius 2 is 2.07 bits per heavy atom. The van der Waals surface area contributed by atoms with Crippen LogP contribution in [0.4, 0.5) is 0 Å². The maximum absolute atomic E-state index is 13.0. The van der Waals surface area contributed by atoms with E-state index in [2.05, 4.69) is 18.8 Å². The molecule has 1 N–H and O–H groups in total. The highest BCUT2D eigenvalue weighted by molar-refractivity contribution is 6.21. The van der Waals surface area contributed by atoms with E-state index < -0.39 is 11.0 Å². The van der Waals surface area contributed by atoms with Crippen molar-refractivity contribution in [2.75, 3.05) is 0 Å². The molecule has 0 radical (unpaired) electrons. The van der Waals surface area contributed by atoms with Crippen LogP contribution in [0.25, 0.3) is 10.9 Å². The lowest BCUT2D eigenvalue weighted by Crippen LogP contribution is -2.36. The molecule has 2 atom stereocenters. The van der Waals surface area contributed by atoms with Gasteiger partial charge in [0.15, 0.2) is 0 Å². The van der Waals surface area contributed by atoms with Crippen molar-refractivity contribution in [3.05, 3.63) is 70.0 Å². The average Bonchev–Trinajstić information content (AvgIpc) is 2.68. The van der Waals surface area contributed by atoms with Crippen molar-refractivity contribution in [1.82, 2.24) is 14.5 Å². The summed E-state index contributed by atoms with van der Waals surface area (Å²) < 4.78 is 1.79. The molecule has 146 valence electrons. The molecule has 1 aliphatic heterocycles. The third-order valence-electron chi connectivity index (χ3n) is 5.67. The van der Waals surface area contributed by atoms with Crippen molar-refractivity contribution in [2.45, 2.75) is 51.1 Å². The largest absolute Gasteiger partial charge is 0.383 e. The average molecular weight is 398 g/mol. The first-order valence-electron chi connectivity index (χ1n) is 9.50. The van der Waals surface area contributed by atoms with E-state index in [9.17, 15) is 9.90 Å². The lowest BCUT2D eigenvalue weighted by Gasteiger charge is -2.32. The van der Waals surface area contributed by atoms with Gasteiger partial charge in [0.1, 0.15) is 16.8 Å². The summed E-state index contributed by atoms with van der Waals surface area (Å²) >= 11 is 6.56. The lowest BCUT2D eigenvalue weighted by atomic mass is 9.85. The number of hydrogen-bond donors (Lipinski definition) is 1. The maximum Gasteiger partial charge on any atom is 0.261 e. The molecular formula is C22H24ClN3O2. The number of hydrogen-bond acceptors (Lipinski definition) is 4. The Balaban J connectivity index is 1.79. The van der Waals surface area contributed by atoms with Gasteiger partial charge < -0.3 is 5.11 Å². The number of alkyl halides is 1. The van der Waals surface area contributed by atoms with Gasteiger partial charge in [0.05, 0.1) is 16.6 Å². The van der Waals surface area contributed by atoms with Crippen LogP contribution in [0, 0.1) is 5.41 Å². The van der Waals surface area contributed by atoms with E-state index in [1.165, 1.54) is 0 Å². The Kier molecular flexibility index (Phi) is 4.55. The molecule has 5 nitrogen and oxygen atoms in total. The molecule has 4 rings (SSSR count). The fourth-order valence-electron chi connectivity index (χ4n) is 3.85. The second-order valence-corrected chi connectivity index (χ2v) is 9.02. The number of nitrogens with zero attached hydrogens (tertiary/aromatic N) is 3. The van der Waals surface area contributed by atoms with Gasteiger partial charge in [-0.05, 0) is 48.6 Å². The number of benzene rings is 1. The van der Waals surface area contributed by atoms with Crippen LogP contribution in [-0.4, -0.2) is 19.6 Å². The molecule has 1 aromatic carbocycles. The Morgan fingerprint density at radius 1 is 1.29 bits per heavy atom. The van der Waals surface area contributed by atoms with Gasteiger partial charge in [0, 0.05) is 19.2 Å². The highest BCUT2D eigenvalue weighted by atomic mass is 35.5. The van der Waals surface area contributed by atoms with E-state index in [4.69, 9.17) is 16.6 Å². The van der Waals surface area contributed by atoms with Gasteiger partial charge in [-0.1, -0.05) is 26.0 Å². The van der Waals surface area contributed by atoms with Crippen LogP contribution >= 0.6 is 11.6 Å². The zero-order valence-electron chi connectivity index (χ0n) is 16.3. The number of pyridine rings is 1. The number of halogens is 1. The molecule has 3 aromatic rings. The SMILES string of the molecule is CC1(C)CCc2nc3cc(C(C)(O)C(Cl)c4ccccn4)ccc3c(=O)n2C1. The zero-order chi connectivity index (χ0) is 20.1. The Hall–Kier alpha value is -2.24.